The molecule has 0 amide bonds. The Morgan fingerprint density at radius 2 is 2.17 bits per heavy atom. The fourth-order valence-electron chi connectivity index (χ4n) is 3.04. The number of aryl methyl sites for hydroxylation is 2. The molecule has 1 fully saturated rings. The lowest BCUT2D eigenvalue weighted by Crippen LogP contribution is -2.36. The highest BCUT2D eigenvalue weighted by atomic mass is 32.1. The third-order valence-corrected chi connectivity index (χ3v) is 5.79. The molecule has 1 aromatic rings. The smallest absolute Gasteiger partial charge is 0.0546 e. The third kappa shape index (κ3) is 2.63. The molecule has 1 saturated carbocycles. The van der Waals surface area contributed by atoms with Crippen LogP contribution in [0.1, 0.15) is 54.0 Å². The molecule has 100 valence electrons. The number of aliphatic hydroxyl groups excluding tert-OH is 1. The average molecular weight is 265 g/mol. The molecule has 18 heavy (non-hydrogen) atoms. The summed E-state index contributed by atoms with van der Waals surface area (Å²) in [7, 11) is 0. The van der Waals surface area contributed by atoms with Crippen molar-refractivity contribution >= 4 is 11.3 Å². The number of aliphatic hydroxyl groups is 1. The first kappa shape index (κ1) is 12.6. The molecule has 2 nitrogen and oxygen atoms in total. The molecule has 0 radical (unpaired) electrons. The summed E-state index contributed by atoms with van der Waals surface area (Å²) in [6, 6.07) is 2.89. The second-order valence-electron chi connectivity index (χ2n) is 5.93. The summed E-state index contributed by atoms with van der Waals surface area (Å²) in [5, 5.41) is 12.9. The van der Waals surface area contributed by atoms with Gasteiger partial charge in [-0.1, -0.05) is 0 Å². The zero-order valence-electron chi connectivity index (χ0n) is 11.1. The van der Waals surface area contributed by atoms with Gasteiger partial charge in [-0.2, -0.15) is 0 Å². The molecule has 0 aromatic carbocycles. The van der Waals surface area contributed by atoms with E-state index in [4.69, 9.17) is 0 Å². The van der Waals surface area contributed by atoms with E-state index in [1.54, 1.807) is 10.4 Å². The minimum absolute atomic E-state index is 0.0267. The van der Waals surface area contributed by atoms with Crippen molar-refractivity contribution in [3.05, 3.63) is 21.4 Å². The van der Waals surface area contributed by atoms with Crippen LogP contribution in [0, 0.1) is 5.92 Å². The molecule has 3 heteroatoms. The van der Waals surface area contributed by atoms with Crippen LogP contribution in [0.5, 0.6) is 0 Å². The molecular formula is C15H23NOS. The molecule has 0 bridgehead atoms. The first-order valence-corrected chi connectivity index (χ1v) is 8.07. The first-order chi connectivity index (χ1) is 8.72. The van der Waals surface area contributed by atoms with Gasteiger partial charge in [-0.05, 0) is 69.5 Å². The van der Waals surface area contributed by atoms with Crippen LogP contribution >= 0.6 is 11.3 Å². The number of thiophene rings is 1. The molecule has 1 heterocycles. The van der Waals surface area contributed by atoms with E-state index in [0.29, 0.717) is 12.0 Å². The highest BCUT2D eigenvalue weighted by Crippen LogP contribution is 2.33. The number of fused-ring (bicyclic) bond motifs is 1. The van der Waals surface area contributed by atoms with Gasteiger partial charge in [0.05, 0.1) is 6.10 Å². The number of hydrogen-bond acceptors (Lipinski definition) is 3. The van der Waals surface area contributed by atoms with Crippen LogP contribution in [-0.4, -0.2) is 17.8 Å². The second-order valence-corrected chi connectivity index (χ2v) is 7.09. The van der Waals surface area contributed by atoms with Crippen molar-refractivity contribution in [3.63, 3.8) is 0 Å². The Bertz CT molecular complexity index is 385. The summed E-state index contributed by atoms with van der Waals surface area (Å²) in [6.07, 6.45) is 7.26. The monoisotopic (exact) mass is 265 g/mol. The van der Waals surface area contributed by atoms with E-state index in [1.807, 2.05) is 11.3 Å². The maximum Gasteiger partial charge on any atom is 0.0546 e. The molecule has 0 aliphatic heterocycles. The lowest BCUT2D eigenvalue weighted by atomic mass is 9.82. The van der Waals surface area contributed by atoms with Gasteiger partial charge in [0.2, 0.25) is 0 Å². The Balaban J connectivity index is 1.55. The summed E-state index contributed by atoms with van der Waals surface area (Å²) in [5.41, 5.74) is 1.61. The van der Waals surface area contributed by atoms with Crippen molar-refractivity contribution in [2.24, 2.45) is 5.92 Å². The normalized spacial score (nSPS) is 28.6. The first-order valence-electron chi connectivity index (χ1n) is 7.25. The molecule has 1 unspecified atom stereocenters. The molecule has 2 aliphatic rings. The van der Waals surface area contributed by atoms with Crippen LogP contribution in [0.4, 0.5) is 0 Å². The van der Waals surface area contributed by atoms with Gasteiger partial charge in [0, 0.05) is 15.8 Å². The van der Waals surface area contributed by atoms with Gasteiger partial charge in [0.15, 0.2) is 0 Å². The summed E-state index contributed by atoms with van der Waals surface area (Å²) >= 11 is 2.01. The third-order valence-electron chi connectivity index (χ3n) is 4.37. The van der Waals surface area contributed by atoms with E-state index >= 15 is 0 Å². The average Bonchev–Trinajstić information content (AvgIpc) is 2.76. The van der Waals surface area contributed by atoms with Crippen LogP contribution in [0.25, 0.3) is 0 Å². The number of rotatable bonds is 4. The highest BCUT2D eigenvalue weighted by Gasteiger charge is 2.27. The Morgan fingerprint density at radius 3 is 2.89 bits per heavy atom. The van der Waals surface area contributed by atoms with Gasteiger partial charge < -0.3 is 10.4 Å². The highest BCUT2D eigenvalue weighted by molar-refractivity contribution is 7.12. The lowest BCUT2D eigenvalue weighted by molar-refractivity contribution is 0.0421. The van der Waals surface area contributed by atoms with Crippen molar-refractivity contribution in [1.29, 1.82) is 0 Å². The summed E-state index contributed by atoms with van der Waals surface area (Å²) < 4.78 is 0. The van der Waals surface area contributed by atoms with E-state index in [9.17, 15) is 5.11 Å². The molecular weight excluding hydrogens is 242 g/mol. The second kappa shape index (κ2) is 5.32. The molecule has 2 aliphatic carbocycles. The summed E-state index contributed by atoms with van der Waals surface area (Å²) in [5.74, 6) is 0.692. The number of nitrogens with one attached hydrogen (secondary N) is 1. The van der Waals surface area contributed by atoms with Crippen LogP contribution < -0.4 is 5.32 Å². The Hall–Kier alpha value is -0.380. The van der Waals surface area contributed by atoms with Crippen molar-refractivity contribution in [2.45, 2.75) is 57.6 Å². The minimum atomic E-state index is -0.0267. The molecule has 1 atom stereocenters. The van der Waals surface area contributed by atoms with Crippen molar-refractivity contribution < 1.29 is 5.11 Å². The van der Waals surface area contributed by atoms with Crippen LogP contribution in [0.15, 0.2) is 6.07 Å². The van der Waals surface area contributed by atoms with Gasteiger partial charge in [-0.25, -0.2) is 0 Å². The van der Waals surface area contributed by atoms with E-state index in [1.165, 1.54) is 30.6 Å². The SMILES string of the molecule is CC(NCC1CC(O)C1)c1cc2c(s1)CCCC2. The van der Waals surface area contributed by atoms with Gasteiger partial charge in [-0.15, -0.1) is 11.3 Å². The van der Waals surface area contributed by atoms with Crippen LogP contribution in [0.2, 0.25) is 0 Å². The predicted octanol–water partition coefficient (Wildman–Crippen LogP) is 3.05. The molecule has 0 spiro atoms. The molecule has 1 aromatic heterocycles. The Morgan fingerprint density at radius 1 is 1.39 bits per heavy atom. The Labute approximate surface area is 113 Å². The summed E-state index contributed by atoms with van der Waals surface area (Å²) in [6.45, 7) is 3.33. The topological polar surface area (TPSA) is 32.3 Å². The van der Waals surface area contributed by atoms with E-state index in [0.717, 1.165) is 19.4 Å². The maximum absolute atomic E-state index is 9.29. The quantitative estimate of drug-likeness (QED) is 0.877. The predicted molar refractivity (Wildman–Crippen MR) is 76.1 cm³/mol. The van der Waals surface area contributed by atoms with Crippen molar-refractivity contribution in [3.8, 4) is 0 Å². The van der Waals surface area contributed by atoms with E-state index in [2.05, 4.69) is 18.3 Å². The van der Waals surface area contributed by atoms with Crippen molar-refractivity contribution in [1.82, 2.24) is 5.32 Å². The van der Waals surface area contributed by atoms with Crippen LogP contribution in [-0.2, 0) is 12.8 Å². The van der Waals surface area contributed by atoms with Gasteiger partial charge in [0.25, 0.3) is 0 Å². The van der Waals surface area contributed by atoms with Crippen molar-refractivity contribution in [2.75, 3.05) is 6.54 Å². The van der Waals surface area contributed by atoms with Gasteiger partial charge in [-0.3, -0.25) is 0 Å². The fourth-order valence-corrected chi connectivity index (χ4v) is 4.32. The number of hydrogen-bond donors (Lipinski definition) is 2. The molecule has 3 rings (SSSR count). The maximum atomic E-state index is 9.29. The standard InChI is InChI=1S/C15H23NOS/c1-10(16-9-11-6-13(17)7-11)15-8-12-4-2-3-5-14(12)18-15/h8,10-11,13,16-17H,2-7,9H2,1H3. The summed E-state index contributed by atoms with van der Waals surface area (Å²) in [4.78, 5) is 3.13. The van der Waals surface area contributed by atoms with Gasteiger partial charge >= 0.3 is 0 Å². The zero-order valence-corrected chi connectivity index (χ0v) is 11.9. The zero-order chi connectivity index (χ0) is 12.5. The largest absolute Gasteiger partial charge is 0.393 e. The van der Waals surface area contributed by atoms with E-state index < -0.39 is 0 Å². The van der Waals surface area contributed by atoms with Gasteiger partial charge in [0.1, 0.15) is 0 Å². The molecule has 2 N–H and O–H groups in total. The minimum Gasteiger partial charge on any atom is -0.393 e. The lowest BCUT2D eigenvalue weighted by Gasteiger charge is -2.32. The fraction of sp³-hybridized carbons (Fsp3) is 0.733. The van der Waals surface area contributed by atoms with Crippen LogP contribution in [0.3, 0.4) is 0 Å². The Kier molecular flexibility index (Phi) is 3.73. The van der Waals surface area contributed by atoms with E-state index in [-0.39, 0.29) is 6.10 Å². The molecule has 0 saturated heterocycles.